The highest BCUT2D eigenvalue weighted by Crippen LogP contribution is 2.25. The highest BCUT2D eigenvalue weighted by molar-refractivity contribution is 5.77. The molecule has 29 heavy (non-hydrogen) atoms. The van der Waals surface area contributed by atoms with E-state index in [2.05, 4.69) is 15.3 Å². The van der Waals surface area contributed by atoms with Crippen LogP contribution in [0.5, 0.6) is 11.5 Å². The van der Waals surface area contributed by atoms with Crippen molar-refractivity contribution in [3.05, 3.63) is 52.5 Å². The number of fused-ring (bicyclic) bond motifs is 1. The van der Waals surface area contributed by atoms with Crippen LogP contribution in [0, 0.1) is 11.6 Å². The second-order valence-electron chi connectivity index (χ2n) is 6.65. The fourth-order valence-corrected chi connectivity index (χ4v) is 2.65. The third-order valence-electron chi connectivity index (χ3n) is 4.00. The summed E-state index contributed by atoms with van der Waals surface area (Å²) >= 11 is 0. The Morgan fingerprint density at radius 3 is 2.66 bits per heavy atom. The summed E-state index contributed by atoms with van der Waals surface area (Å²) in [5, 5.41) is 22.3. The van der Waals surface area contributed by atoms with Gasteiger partial charge in [0.05, 0.1) is 19.3 Å². The van der Waals surface area contributed by atoms with Gasteiger partial charge in [-0.15, -0.1) is 0 Å². The lowest BCUT2D eigenvalue weighted by molar-refractivity contribution is 0.173. The van der Waals surface area contributed by atoms with Gasteiger partial charge in [-0.1, -0.05) is 0 Å². The number of pyridine rings is 1. The Hall–Kier alpha value is -3.11. The molecule has 2 heterocycles. The number of aliphatic hydroxyl groups excluding tert-OH is 2. The molecule has 0 saturated carbocycles. The first kappa shape index (κ1) is 20.6. The zero-order chi connectivity index (χ0) is 21.1. The first-order valence-corrected chi connectivity index (χ1v) is 8.87. The Morgan fingerprint density at radius 2 is 2.00 bits per heavy atom. The average molecular weight is 406 g/mol. The number of benzene rings is 1. The zero-order valence-corrected chi connectivity index (χ0v) is 15.8. The van der Waals surface area contributed by atoms with E-state index in [0.717, 1.165) is 12.1 Å². The van der Waals surface area contributed by atoms with Crippen molar-refractivity contribution in [2.45, 2.75) is 32.5 Å². The SMILES string of the molecule is C[C@@H](O)Cn1c(=O)c(Oc2ccc(F)cc2F)cc2cnc(N[C@@H](C)CO)nc21. The standard InChI is InChI=1S/C19H20F2N4O4/c1-10(9-26)23-19-22-7-12-5-16(29-15-4-3-13(20)6-14(15)21)18(28)25(8-11(2)27)17(12)24-19/h3-7,10-11,26-27H,8-9H2,1-2H3,(H,22,23,24)/t10-,11+/m0/s1. The molecule has 0 aliphatic rings. The van der Waals surface area contributed by atoms with Crippen molar-refractivity contribution >= 4 is 17.0 Å². The molecule has 10 heteroatoms. The molecule has 3 aromatic rings. The molecule has 0 unspecified atom stereocenters. The van der Waals surface area contributed by atoms with E-state index in [1.807, 2.05) is 0 Å². The monoisotopic (exact) mass is 406 g/mol. The number of ether oxygens (including phenoxy) is 1. The fourth-order valence-electron chi connectivity index (χ4n) is 2.65. The van der Waals surface area contributed by atoms with Gasteiger partial charge in [0, 0.05) is 23.7 Å². The van der Waals surface area contributed by atoms with Gasteiger partial charge in [-0.25, -0.2) is 13.8 Å². The summed E-state index contributed by atoms with van der Waals surface area (Å²) in [6, 6.07) is 3.77. The second-order valence-corrected chi connectivity index (χ2v) is 6.65. The number of aromatic nitrogens is 3. The predicted octanol–water partition coefficient (Wildman–Crippen LogP) is 2.04. The molecule has 8 nitrogen and oxygen atoms in total. The summed E-state index contributed by atoms with van der Waals surface area (Å²) in [7, 11) is 0. The van der Waals surface area contributed by atoms with Gasteiger partial charge in [0.1, 0.15) is 11.5 Å². The third kappa shape index (κ3) is 4.66. The quantitative estimate of drug-likeness (QED) is 0.551. The van der Waals surface area contributed by atoms with Crippen LogP contribution in [0.1, 0.15) is 13.8 Å². The van der Waals surface area contributed by atoms with Crippen LogP contribution in [0.2, 0.25) is 0 Å². The van der Waals surface area contributed by atoms with Crippen molar-refractivity contribution in [3.8, 4) is 11.5 Å². The maximum absolute atomic E-state index is 13.9. The first-order chi connectivity index (χ1) is 13.8. The molecule has 3 rings (SSSR count). The summed E-state index contributed by atoms with van der Waals surface area (Å²) in [5.74, 6) is -2.08. The smallest absolute Gasteiger partial charge is 0.295 e. The number of nitrogens with zero attached hydrogens (tertiary/aromatic N) is 3. The molecule has 154 valence electrons. The van der Waals surface area contributed by atoms with E-state index in [4.69, 9.17) is 9.84 Å². The Morgan fingerprint density at radius 1 is 1.24 bits per heavy atom. The predicted molar refractivity (Wildman–Crippen MR) is 102 cm³/mol. The third-order valence-corrected chi connectivity index (χ3v) is 4.00. The molecule has 2 atom stereocenters. The summed E-state index contributed by atoms with van der Waals surface area (Å²) < 4.78 is 33.6. The Bertz CT molecular complexity index is 1090. The second kappa shape index (κ2) is 8.50. The summed E-state index contributed by atoms with van der Waals surface area (Å²) in [6.07, 6.45) is 0.553. The van der Waals surface area contributed by atoms with Crippen molar-refractivity contribution in [1.82, 2.24) is 14.5 Å². The number of nitrogens with one attached hydrogen (secondary N) is 1. The zero-order valence-electron chi connectivity index (χ0n) is 15.8. The lowest BCUT2D eigenvalue weighted by Crippen LogP contribution is -2.27. The van der Waals surface area contributed by atoms with E-state index in [1.165, 1.54) is 23.8 Å². The normalized spacial score (nSPS) is 13.3. The first-order valence-electron chi connectivity index (χ1n) is 8.87. The molecule has 0 aliphatic carbocycles. The van der Waals surface area contributed by atoms with Crippen LogP contribution in [0.3, 0.4) is 0 Å². The van der Waals surface area contributed by atoms with E-state index < -0.39 is 23.3 Å². The Labute approximate surface area is 164 Å². The molecule has 0 spiro atoms. The largest absolute Gasteiger partial charge is 0.448 e. The van der Waals surface area contributed by atoms with Gasteiger partial charge in [0.15, 0.2) is 17.3 Å². The van der Waals surface area contributed by atoms with E-state index in [1.54, 1.807) is 6.92 Å². The van der Waals surface area contributed by atoms with Crippen LogP contribution >= 0.6 is 0 Å². The summed E-state index contributed by atoms with van der Waals surface area (Å²) in [6.45, 7) is 2.99. The molecule has 0 fully saturated rings. The van der Waals surface area contributed by atoms with Gasteiger partial charge in [-0.3, -0.25) is 9.36 Å². The molecule has 0 aliphatic heterocycles. The van der Waals surface area contributed by atoms with Crippen molar-refractivity contribution in [3.63, 3.8) is 0 Å². The van der Waals surface area contributed by atoms with Gasteiger partial charge in [-0.05, 0) is 32.0 Å². The van der Waals surface area contributed by atoms with Gasteiger partial charge in [0.25, 0.3) is 5.56 Å². The van der Waals surface area contributed by atoms with Crippen molar-refractivity contribution < 1.29 is 23.7 Å². The van der Waals surface area contributed by atoms with Crippen LogP contribution in [-0.4, -0.2) is 43.5 Å². The van der Waals surface area contributed by atoms with Gasteiger partial charge in [0.2, 0.25) is 5.95 Å². The maximum Gasteiger partial charge on any atom is 0.295 e. The number of halogens is 2. The molecule has 2 aromatic heterocycles. The Balaban J connectivity index is 2.11. The summed E-state index contributed by atoms with van der Waals surface area (Å²) in [4.78, 5) is 21.3. The van der Waals surface area contributed by atoms with Crippen LogP contribution in [0.4, 0.5) is 14.7 Å². The van der Waals surface area contributed by atoms with Crippen molar-refractivity contribution in [2.75, 3.05) is 11.9 Å². The molecule has 0 bridgehead atoms. The van der Waals surface area contributed by atoms with E-state index in [-0.39, 0.29) is 42.3 Å². The number of hydrogen-bond donors (Lipinski definition) is 3. The lowest BCUT2D eigenvalue weighted by atomic mass is 10.2. The maximum atomic E-state index is 13.9. The van der Waals surface area contributed by atoms with Gasteiger partial charge >= 0.3 is 0 Å². The average Bonchev–Trinajstić information content (AvgIpc) is 2.67. The van der Waals surface area contributed by atoms with Crippen LogP contribution in [0.25, 0.3) is 11.0 Å². The number of aliphatic hydroxyl groups is 2. The minimum atomic E-state index is -0.958. The topological polar surface area (TPSA) is 110 Å². The van der Waals surface area contributed by atoms with Crippen molar-refractivity contribution in [1.29, 1.82) is 0 Å². The van der Waals surface area contributed by atoms with Crippen molar-refractivity contribution in [2.24, 2.45) is 0 Å². The van der Waals surface area contributed by atoms with E-state index >= 15 is 0 Å². The molecule has 0 amide bonds. The van der Waals surface area contributed by atoms with Gasteiger partial charge in [-0.2, -0.15) is 4.98 Å². The highest BCUT2D eigenvalue weighted by Gasteiger charge is 2.17. The molecular formula is C19H20F2N4O4. The molecule has 1 aromatic carbocycles. The van der Waals surface area contributed by atoms with E-state index in [9.17, 15) is 18.7 Å². The summed E-state index contributed by atoms with van der Waals surface area (Å²) in [5.41, 5.74) is -0.424. The van der Waals surface area contributed by atoms with E-state index in [0.29, 0.717) is 11.5 Å². The van der Waals surface area contributed by atoms with Crippen LogP contribution in [-0.2, 0) is 6.54 Å². The highest BCUT2D eigenvalue weighted by atomic mass is 19.1. The van der Waals surface area contributed by atoms with Crippen LogP contribution in [0.15, 0.2) is 35.3 Å². The fraction of sp³-hybridized carbons (Fsp3) is 0.316. The minimum absolute atomic E-state index is 0.0928. The number of anilines is 1. The number of hydrogen-bond acceptors (Lipinski definition) is 7. The molecule has 0 radical (unpaired) electrons. The van der Waals surface area contributed by atoms with Crippen LogP contribution < -0.4 is 15.6 Å². The molecular weight excluding hydrogens is 386 g/mol. The molecule has 3 N–H and O–H groups in total. The van der Waals surface area contributed by atoms with Gasteiger partial charge < -0.3 is 20.3 Å². The number of rotatable bonds is 7. The lowest BCUT2D eigenvalue weighted by Gasteiger charge is -2.16. The molecule has 0 saturated heterocycles. The minimum Gasteiger partial charge on any atom is -0.448 e. The Kier molecular flexibility index (Phi) is 6.04.